The van der Waals surface area contributed by atoms with Crippen LogP contribution in [0, 0.1) is 23.3 Å². The Balaban J connectivity index is 0.652. The Labute approximate surface area is 633 Å². The number of nitrogens with zero attached hydrogens (tertiary/aromatic N) is 24. The van der Waals surface area contributed by atoms with Gasteiger partial charge in [0.15, 0.2) is 23.3 Å². The van der Waals surface area contributed by atoms with Crippen LogP contribution in [0.5, 0.6) is 0 Å². The van der Waals surface area contributed by atoms with E-state index in [1.807, 2.05) is 0 Å². The highest BCUT2D eigenvalue weighted by Crippen LogP contribution is 2.66. The molecule has 0 aliphatic carbocycles. The summed E-state index contributed by atoms with van der Waals surface area (Å²) in [5.41, 5.74) is 3.57. The van der Waals surface area contributed by atoms with Crippen LogP contribution in [0.4, 0.5) is 59.5 Å². The first kappa shape index (κ1) is 73.9. The molecule has 4 fully saturated rings. The monoisotopic (exact) mass is 1590 g/mol. The number of phosphoric ester groups is 2. The summed E-state index contributed by atoms with van der Waals surface area (Å²) in [6.07, 6.45) is -3.97. The summed E-state index contributed by atoms with van der Waals surface area (Å²) in [6, 6.07) is 28.4. The van der Waals surface area contributed by atoms with Gasteiger partial charge in [-0.2, -0.15) is 4.31 Å². The molecule has 0 unspecified atom stereocenters. The highest BCUT2D eigenvalue weighted by molar-refractivity contribution is 7.62. The van der Waals surface area contributed by atoms with Gasteiger partial charge in [-0.3, -0.25) is 57.6 Å². The Hall–Kier alpha value is -13.2. The molecule has 4 atom stereocenters. The van der Waals surface area contributed by atoms with Crippen molar-refractivity contribution >= 4 is 62.8 Å². The van der Waals surface area contributed by atoms with E-state index >= 15 is 26.7 Å². The molecule has 12 heterocycles. The van der Waals surface area contributed by atoms with E-state index in [1.54, 1.807) is 76.7 Å². The predicted molar refractivity (Wildman–Crippen MR) is 380 cm³/mol. The number of carbonyl (C=O) groups excluding carboxylic acids is 4. The number of benzene rings is 4. The van der Waals surface area contributed by atoms with Gasteiger partial charge in [0, 0.05) is 97.5 Å². The molecule has 8 aromatic heterocycles. The van der Waals surface area contributed by atoms with Crippen LogP contribution in [0.1, 0.15) is 0 Å². The molecule has 4 amide bonds. The Morgan fingerprint density at radius 1 is 0.354 bits per heavy atom. The third-order valence-electron chi connectivity index (χ3n) is 18.1. The van der Waals surface area contributed by atoms with Crippen molar-refractivity contribution in [1.82, 2.24) is 101 Å². The topological polar surface area (TPSA) is 424 Å². The molecule has 0 bridgehead atoms. The van der Waals surface area contributed by atoms with Gasteiger partial charge in [0.1, 0.15) is 70.5 Å². The largest absolute Gasteiger partial charge is 0.483 e. The first-order chi connectivity index (χ1) is 54.5. The number of aromatic nitrogens is 20. The van der Waals surface area contributed by atoms with E-state index in [1.165, 1.54) is 92.0 Å². The quantitative estimate of drug-likeness (QED) is 0.0277. The summed E-state index contributed by atoms with van der Waals surface area (Å²) in [7, 11) is -4.74. The number of hydrogen-bond donors (Lipinski definition) is 0. The second-order valence-corrected chi connectivity index (χ2v) is 29.0. The van der Waals surface area contributed by atoms with E-state index in [4.69, 9.17) is 41.4 Å². The number of aryl methyl sites for hydroxylation is 4. The third-order valence-corrected chi connectivity index (χ3v) is 21.6. The zero-order valence-corrected chi connectivity index (χ0v) is 60.9. The third kappa shape index (κ3) is 15.5. The minimum absolute atomic E-state index is 0.0109. The van der Waals surface area contributed by atoms with E-state index in [2.05, 4.69) is 82.0 Å². The van der Waals surface area contributed by atoms with Crippen LogP contribution in [0.15, 0.2) is 146 Å². The molecule has 12 aromatic rings. The lowest BCUT2D eigenvalue weighted by Crippen LogP contribution is -2.27. The number of cyclic esters (lactones) is 4. The van der Waals surface area contributed by atoms with Gasteiger partial charge in [-0.15, -0.1) is 20.4 Å². The van der Waals surface area contributed by atoms with Crippen LogP contribution >= 0.6 is 15.6 Å². The lowest BCUT2D eigenvalue weighted by molar-refractivity contribution is 0.0365. The molecule has 45 heteroatoms. The number of hydrogen-bond acceptors (Lipinski definition) is 31. The first-order valence-corrected chi connectivity index (χ1v) is 36.8. The van der Waals surface area contributed by atoms with Gasteiger partial charge >= 0.3 is 40.0 Å². The van der Waals surface area contributed by atoms with Crippen molar-refractivity contribution in [3.05, 3.63) is 169 Å². The molecule has 4 aliphatic heterocycles. The molecule has 0 saturated carbocycles. The summed E-state index contributed by atoms with van der Waals surface area (Å²) in [5, 5.41) is 45.5. The van der Waals surface area contributed by atoms with Gasteiger partial charge in [0.2, 0.25) is 0 Å². The van der Waals surface area contributed by atoms with Gasteiger partial charge in [-0.1, -0.05) is 24.3 Å². The van der Waals surface area contributed by atoms with Crippen molar-refractivity contribution in [1.29, 1.82) is 0 Å². The lowest BCUT2D eigenvalue weighted by Gasteiger charge is -2.25. The zero-order valence-electron chi connectivity index (χ0n) is 59.1. The molecule has 0 N–H and O–H groups in total. The van der Waals surface area contributed by atoms with Gasteiger partial charge in [0.25, 0.3) is 0 Å². The number of pyridine rings is 4. The lowest BCUT2D eigenvalue weighted by atomic mass is 10.1. The number of tetrazole rings is 4. The molecule has 576 valence electrons. The molecular weight excluding hydrogens is 1530 g/mol. The number of phosphoric acid groups is 2. The summed E-state index contributed by atoms with van der Waals surface area (Å²) < 4.78 is 153. The fraction of sp³-hybridized carbons (Fsp3) is 0.235. The number of halogens is 4. The maximum atomic E-state index is 16.1. The summed E-state index contributed by atoms with van der Waals surface area (Å²) in [5.74, 6) is -1.64. The average molecular weight is 1590 g/mol. The summed E-state index contributed by atoms with van der Waals surface area (Å²) in [4.78, 5) is 76.4. The van der Waals surface area contributed by atoms with Crippen LogP contribution in [-0.4, -0.2) is 202 Å². The molecule has 4 aliphatic rings. The van der Waals surface area contributed by atoms with Crippen LogP contribution in [0.3, 0.4) is 0 Å². The number of rotatable bonds is 26. The fourth-order valence-electron chi connectivity index (χ4n) is 12.4. The van der Waals surface area contributed by atoms with Gasteiger partial charge in [-0.05, 0) is 139 Å². The van der Waals surface area contributed by atoms with Crippen molar-refractivity contribution < 1.29 is 87.2 Å². The molecule has 39 nitrogen and oxygen atoms in total. The molecular formula is C68H56F4N24O15P2. The minimum atomic E-state index is -5.62. The number of anilines is 4. The molecule has 4 aromatic carbocycles. The molecule has 4 saturated heterocycles. The van der Waals surface area contributed by atoms with Gasteiger partial charge < -0.3 is 18.9 Å². The van der Waals surface area contributed by atoms with E-state index < -0.39 is 140 Å². The van der Waals surface area contributed by atoms with Crippen LogP contribution in [0.2, 0.25) is 0 Å². The molecule has 113 heavy (non-hydrogen) atoms. The second-order valence-electron chi connectivity index (χ2n) is 25.5. The van der Waals surface area contributed by atoms with Crippen molar-refractivity contribution in [2.24, 2.45) is 28.2 Å². The smallest absolute Gasteiger partial charge is 0.441 e. The first-order valence-electron chi connectivity index (χ1n) is 33.9. The van der Waals surface area contributed by atoms with E-state index in [-0.39, 0.29) is 45.0 Å². The van der Waals surface area contributed by atoms with Gasteiger partial charge in [-0.25, -0.2) is 64.6 Å². The summed E-state index contributed by atoms with van der Waals surface area (Å²) in [6.45, 7) is -5.22. The fourth-order valence-corrected chi connectivity index (χ4v) is 15.7. The second kappa shape index (κ2) is 30.6. The van der Waals surface area contributed by atoms with E-state index in [0.29, 0.717) is 68.3 Å². The normalized spacial score (nSPS) is 17.2. The van der Waals surface area contributed by atoms with Crippen molar-refractivity contribution in [3.8, 4) is 90.6 Å². The Morgan fingerprint density at radius 2 is 0.584 bits per heavy atom. The standard InChI is InChI=1S/C68H56F4N24O15P2/c1-89-61(77-81-85-89)57-17-5-37(25-73-57)49-13-9-41(21-53(49)69)93-29-45(107-65(93)97)33-103-112(101,104-34-46-30-94(66(98)108-46)42-10-14-50(54(70)22-42)38-6-18-58(74-26-38)62-78-82-86-90(62)2)111-113(102,105-35-47-31-95(67(99)109-47)43-11-15-51(55(71)23-43)39-7-19-59(75-27-39)63-79-83-87-91(63)3)106-36-48-32-96(68(100)110-48)44-12-16-52(56(72)24-44)40-8-20-60(76-28-40)64-80-84-88-92(64)4/h5-28,45-48H,29-36H2,1-4H3/t45-,46-,47-,48-/m1/s1. The zero-order chi connectivity index (χ0) is 78.4. The predicted octanol–water partition coefficient (Wildman–Crippen LogP) is 8.95. The Kier molecular flexibility index (Phi) is 20.0. The Morgan fingerprint density at radius 3 is 0.770 bits per heavy atom. The summed E-state index contributed by atoms with van der Waals surface area (Å²) >= 11 is 0. The maximum absolute atomic E-state index is 16.1. The number of carbonyl (C=O) groups is 4. The highest BCUT2D eigenvalue weighted by atomic mass is 31.3. The van der Waals surface area contributed by atoms with Crippen LogP contribution in [-0.2, 0) is 78.7 Å². The Bertz CT molecular complexity index is 5070. The average Bonchev–Trinajstić information content (AvgIpc) is 1.51. The molecule has 0 spiro atoms. The van der Waals surface area contributed by atoms with E-state index in [9.17, 15) is 19.2 Å². The molecule has 16 rings (SSSR count). The molecule has 0 radical (unpaired) electrons. The highest BCUT2D eigenvalue weighted by Gasteiger charge is 2.48. The maximum Gasteiger partial charge on any atom is 0.483 e. The van der Waals surface area contributed by atoms with Gasteiger partial charge in [0.05, 0.1) is 75.4 Å². The van der Waals surface area contributed by atoms with Crippen molar-refractivity contribution in [2.75, 3.05) is 72.2 Å². The van der Waals surface area contributed by atoms with Crippen LogP contribution in [0.25, 0.3) is 90.6 Å². The van der Waals surface area contributed by atoms with Crippen molar-refractivity contribution in [2.45, 2.75) is 24.4 Å². The van der Waals surface area contributed by atoms with Crippen molar-refractivity contribution in [3.63, 3.8) is 0 Å². The number of amides is 4. The SMILES string of the molecule is Cn1nnnc1-c1ccc(-c2ccc(N3C[C@H](COP(=O)(OC[C@H]4CN(c5ccc(-c6ccc(-c7nnnn7C)nc6)c(F)c5)C(=O)O4)OP(=O)(OC[C@H]4CN(c5ccc(-c6ccc(-c7nnnn7C)nc6)c(F)c5)C(=O)O4)OC[C@H]4CN(c5ccc(-c6ccc(-c7nnnn7C)nc6)c(F)c5)C(=O)O4)OC3=O)cc2F)cn1. The minimum Gasteiger partial charge on any atom is -0.441 e. The van der Waals surface area contributed by atoms with E-state index in [0.717, 1.165) is 43.9 Å². The number of ether oxygens (including phenoxy) is 4. The van der Waals surface area contributed by atoms with Crippen LogP contribution < -0.4 is 19.6 Å².